The van der Waals surface area contributed by atoms with Crippen molar-refractivity contribution in [2.45, 2.75) is 38.5 Å². The normalized spacial score (nSPS) is 20.5. The first-order valence-corrected chi connectivity index (χ1v) is 6.36. The summed E-state index contributed by atoms with van der Waals surface area (Å²) in [5.74, 6) is 0.150. The second-order valence-corrected chi connectivity index (χ2v) is 5.29. The second-order valence-electron chi connectivity index (χ2n) is 5.29. The van der Waals surface area contributed by atoms with Crippen molar-refractivity contribution < 1.29 is 14.6 Å². The molecule has 2 fully saturated rings. The van der Waals surface area contributed by atoms with Gasteiger partial charge in [-0.15, -0.1) is 0 Å². The minimum absolute atomic E-state index is 0.0426. The molecule has 0 unspecified atom stereocenters. The van der Waals surface area contributed by atoms with E-state index in [9.17, 15) is 9.90 Å². The number of hydrogen-bond acceptors (Lipinski definition) is 5. The zero-order valence-corrected chi connectivity index (χ0v) is 10.3. The van der Waals surface area contributed by atoms with Gasteiger partial charge in [-0.3, -0.25) is 0 Å². The fourth-order valence-corrected chi connectivity index (χ4v) is 2.69. The van der Waals surface area contributed by atoms with E-state index in [1.165, 1.54) is 19.0 Å². The summed E-state index contributed by atoms with van der Waals surface area (Å²) in [6, 6.07) is 0. The van der Waals surface area contributed by atoms with Crippen LogP contribution in [0.25, 0.3) is 0 Å². The van der Waals surface area contributed by atoms with Gasteiger partial charge in [0, 0.05) is 12.1 Å². The lowest BCUT2D eigenvalue weighted by molar-refractivity contribution is 0.0521. The van der Waals surface area contributed by atoms with Gasteiger partial charge in [-0.25, -0.2) is 9.78 Å². The number of aromatic hydroxyl groups is 1. The van der Waals surface area contributed by atoms with Crippen molar-refractivity contribution in [2.75, 3.05) is 6.61 Å². The van der Waals surface area contributed by atoms with Gasteiger partial charge in [0.25, 0.3) is 0 Å². The van der Waals surface area contributed by atoms with Crippen molar-refractivity contribution in [2.24, 2.45) is 5.41 Å². The highest BCUT2D eigenvalue weighted by Gasteiger charge is 2.54. The molecule has 2 aliphatic carbocycles. The van der Waals surface area contributed by atoms with E-state index in [4.69, 9.17) is 4.74 Å². The lowest BCUT2D eigenvalue weighted by Gasteiger charge is -2.34. The lowest BCUT2D eigenvalue weighted by atomic mass is 9.71. The van der Waals surface area contributed by atoms with E-state index in [0.717, 1.165) is 12.8 Å². The number of nitrogens with zero attached hydrogens (tertiary/aromatic N) is 2. The average molecular weight is 248 g/mol. The molecule has 1 N–H and O–H groups in total. The number of carbonyl (C=O) groups is 1. The van der Waals surface area contributed by atoms with Crippen LogP contribution in [-0.4, -0.2) is 27.7 Å². The van der Waals surface area contributed by atoms with E-state index in [1.807, 2.05) is 0 Å². The summed E-state index contributed by atoms with van der Waals surface area (Å²) >= 11 is 0. The summed E-state index contributed by atoms with van der Waals surface area (Å²) in [6.45, 7) is 1.98. The highest BCUT2D eigenvalue weighted by molar-refractivity contribution is 5.91. The Bertz CT molecular complexity index is 489. The van der Waals surface area contributed by atoms with Crippen LogP contribution in [0, 0.1) is 5.41 Å². The molecule has 0 aromatic carbocycles. The van der Waals surface area contributed by atoms with Crippen molar-refractivity contribution in [1.29, 1.82) is 0 Å². The van der Waals surface area contributed by atoms with Gasteiger partial charge in [-0.1, -0.05) is 0 Å². The van der Waals surface area contributed by atoms with Gasteiger partial charge in [0.05, 0.1) is 6.61 Å². The van der Waals surface area contributed by atoms with Crippen LogP contribution in [0.3, 0.4) is 0 Å². The number of hydrogen-bond donors (Lipinski definition) is 1. The number of rotatable bonds is 3. The van der Waals surface area contributed by atoms with Crippen molar-refractivity contribution >= 4 is 5.97 Å². The van der Waals surface area contributed by atoms with Crippen molar-refractivity contribution in [3.8, 4) is 5.88 Å². The van der Waals surface area contributed by atoms with Gasteiger partial charge >= 0.3 is 5.97 Å². The molecule has 0 atom stereocenters. The monoisotopic (exact) mass is 248 g/mol. The van der Waals surface area contributed by atoms with E-state index in [1.54, 1.807) is 6.92 Å². The predicted molar refractivity (Wildman–Crippen MR) is 63.3 cm³/mol. The maximum atomic E-state index is 11.5. The molecule has 1 spiro atoms. The Morgan fingerprint density at radius 1 is 1.56 bits per heavy atom. The van der Waals surface area contributed by atoms with Crippen LogP contribution in [0.1, 0.15) is 54.7 Å². The van der Waals surface area contributed by atoms with Crippen LogP contribution in [0.15, 0.2) is 6.20 Å². The zero-order chi connectivity index (χ0) is 12.8. The Balaban J connectivity index is 1.74. The summed E-state index contributed by atoms with van der Waals surface area (Å²) in [5.41, 5.74) is 0.616. The summed E-state index contributed by atoms with van der Waals surface area (Å²) in [5, 5.41) is 9.75. The van der Waals surface area contributed by atoms with E-state index >= 15 is 0 Å². The third-order valence-corrected chi connectivity index (χ3v) is 3.96. The molecule has 0 bridgehead atoms. The molecule has 0 aliphatic heterocycles. The van der Waals surface area contributed by atoms with E-state index < -0.39 is 5.97 Å². The molecule has 2 saturated carbocycles. The minimum Gasteiger partial charge on any atom is -0.493 e. The maximum Gasteiger partial charge on any atom is 0.345 e. The first-order valence-electron chi connectivity index (χ1n) is 6.36. The summed E-state index contributed by atoms with van der Waals surface area (Å²) in [4.78, 5) is 19.7. The maximum absolute atomic E-state index is 11.5. The number of carbonyl (C=O) groups excluding carboxylic acids is 1. The Morgan fingerprint density at radius 3 is 2.83 bits per heavy atom. The summed E-state index contributed by atoms with van der Waals surface area (Å²) in [6.07, 6.45) is 6.23. The van der Waals surface area contributed by atoms with Crippen molar-refractivity contribution in [3.05, 3.63) is 17.6 Å². The summed E-state index contributed by atoms with van der Waals surface area (Å²) < 4.78 is 4.81. The van der Waals surface area contributed by atoms with Gasteiger partial charge in [0.2, 0.25) is 5.88 Å². The topological polar surface area (TPSA) is 72.3 Å². The number of esters is 1. The van der Waals surface area contributed by atoms with Gasteiger partial charge in [-0.2, -0.15) is 4.98 Å². The molecule has 1 aromatic rings. The van der Waals surface area contributed by atoms with Crippen molar-refractivity contribution in [1.82, 2.24) is 9.97 Å². The molecule has 1 aromatic heterocycles. The first-order chi connectivity index (χ1) is 8.63. The SMILES string of the molecule is CCOC(=O)c1cnc(C2CC3(CC3)C2)nc1O. The summed E-state index contributed by atoms with van der Waals surface area (Å²) in [7, 11) is 0. The second kappa shape index (κ2) is 3.93. The van der Waals surface area contributed by atoms with Crippen LogP contribution < -0.4 is 0 Å². The number of aromatic nitrogens is 2. The Kier molecular flexibility index (Phi) is 2.50. The predicted octanol–water partition coefficient (Wildman–Crippen LogP) is 2.02. The molecular formula is C13H16N2O3. The van der Waals surface area contributed by atoms with Crippen LogP contribution in [0.4, 0.5) is 0 Å². The molecule has 5 nitrogen and oxygen atoms in total. The molecule has 96 valence electrons. The Hall–Kier alpha value is -1.65. The molecule has 0 radical (unpaired) electrons. The quantitative estimate of drug-likeness (QED) is 0.828. The van der Waals surface area contributed by atoms with Crippen molar-refractivity contribution in [3.63, 3.8) is 0 Å². The van der Waals surface area contributed by atoms with E-state index in [0.29, 0.717) is 17.2 Å². The van der Waals surface area contributed by atoms with E-state index in [-0.39, 0.29) is 18.1 Å². The smallest absolute Gasteiger partial charge is 0.345 e. The zero-order valence-electron chi connectivity index (χ0n) is 10.3. The minimum atomic E-state index is -0.575. The van der Waals surface area contributed by atoms with Crippen LogP contribution in [0.5, 0.6) is 5.88 Å². The highest BCUT2D eigenvalue weighted by Crippen LogP contribution is 2.65. The Labute approximate surface area is 105 Å². The fourth-order valence-electron chi connectivity index (χ4n) is 2.69. The first kappa shape index (κ1) is 11.4. The Morgan fingerprint density at radius 2 is 2.28 bits per heavy atom. The van der Waals surface area contributed by atoms with Crippen LogP contribution >= 0.6 is 0 Å². The third-order valence-electron chi connectivity index (χ3n) is 3.96. The molecular weight excluding hydrogens is 232 g/mol. The van der Waals surface area contributed by atoms with Gasteiger partial charge in [-0.05, 0) is 38.0 Å². The fraction of sp³-hybridized carbons (Fsp3) is 0.615. The lowest BCUT2D eigenvalue weighted by Crippen LogP contribution is -2.25. The molecule has 1 heterocycles. The molecule has 0 amide bonds. The largest absolute Gasteiger partial charge is 0.493 e. The van der Waals surface area contributed by atoms with Gasteiger partial charge < -0.3 is 9.84 Å². The number of ether oxygens (including phenoxy) is 1. The molecule has 0 saturated heterocycles. The molecule has 2 aliphatic rings. The molecule has 5 heteroatoms. The van der Waals surface area contributed by atoms with E-state index in [2.05, 4.69) is 9.97 Å². The average Bonchev–Trinajstić information content (AvgIpc) is 3.07. The standard InChI is InChI=1S/C13H16N2O3/c1-2-18-12(17)9-7-14-10(15-11(9)16)8-5-13(6-8)3-4-13/h7-8H,2-6H2,1H3,(H,14,15,16). The molecule has 3 rings (SSSR count). The van der Waals surface area contributed by atoms with Crippen LogP contribution in [0.2, 0.25) is 0 Å². The third kappa shape index (κ3) is 1.83. The van der Waals surface area contributed by atoms with Crippen LogP contribution in [-0.2, 0) is 4.74 Å². The van der Waals surface area contributed by atoms with Gasteiger partial charge in [0.1, 0.15) is 11.4 Å². The van der Waals surface area contributed by atoms with Gasteiger partial charge in [0.15, 0.2) is 0 Å². The highest BCUT2D eigenvalue weighted by atomic mass is 16.5. The molecule has 18 heavy (non-hydrogen) atoms.